The molecule has 1 atom stereocenters. The first-order valence-electron chi connectivity index (χ1n) is 9.45. The van der Waals surface area contributed by atoms with Crippen LogP contribution in [-0.4, -0.2) is 44.2 Å². The Morgan fingerprint density at radius 1 is 1.00 bits per heavy atom. The summed E-state index contributed by atoms with van der Waals surface area (Å²) >= 11 is 0. The van der Waals surface area contributed by atoms with E-state index in [4.69, 9.17) is 0 Å². The average Bonchev–Trinajstić information content (AvgIpc) is 2.58. The smallest absolute Gasteiger partial charge is 0.0366 e. The van der Waals surface area contributed by atoms with E-state index in [2.05, 4.69) is 67.1 Å². The Bertz CT molecular complexity index is 431. The third kappa shape index (κ3) is 5.22. The first-order chi connectivity index (χ1) is 11.2. The molecule has 0 saturated carbocycles. The van der Waals surface area contributed by atoms with Crippen molar-refractivity contribution in [3.8, 4) is 0 Å². The largest absolute Gasteiger partial charge is 0.372 e. The molecular formula is C20H35N3. The van der Waals surface area contributed by atoms with Crippen molar-refractivity contribution in [3.05, 3.63) is 29.8 Å². The normalized spacial score (nSPS) is 17.4. The maximum atomic E-state index is 3.48. The summed E-state index contributed by atoms with van der Waals surface area (Å²) in [7, 11) is 0. The summed E-state index contributed by atoms with van der Waals surface area (Å²) in [5.74, 6) is 0.773. The highest BCUT2D eigenvalue weighted by Gasteiger charge is 2.22. The second-order valence-corrected chi connectivity index (χ2v) is 7.04. The van der Waals surface area contributed by atoms with Crippen LogP contribution in [0.1, 0.15) is 52.1 Å². The Kier molecular flexibility index (Phi) is 7.38. The molecule has 23 heavy (non-hydrogen) atoms. The number of hydrogen-bond donors (Lipinski definition) is 1. The topological polar surface area (TPSA) is 18.5 Å². The molecule has 0 amide bonds. The molecule has 0 aliphatic carbocycles. The maximum Gasteiger partial charge on any atom is 0.0366 e. The average molecular weight is 318 g/mol. The van der Waals surface area contributed by atoms with Crippen molar-refractivity contribution in [2.45, 2.75) is 46.6 Å². The molecule has 0 spiro atoms. The standard InChI is InChI=1S/C20H35N3/c1-5-22(6-2)19-10-8-18(9-11-19)20(12-7-17(3)4)23-15-13-21-14-16-23/h8-11,17,20-21H,5-7,12-16H2,1-4H3/t20-/m1/s1. The lowest BCUT2D eigenvalue weighted by Crippen LogP contribution is -2.45. The van der Waals surface area contributed by atoms with Crippen molar-refractivity contribution in [1.29, 1.82) is 0 Å². The van der Waals surface area contributed by atoms with Gasteiger partial charge in [-0.3, -0.25) is 4.90 Å². The van der Waals surface area contributed by atoms with Gasteiger partial charge in [0.1, 0.15) is 0 Å². The van der Waals surface area contributed by atoms with Crippen LogP contribution in [-0.2, 0) is 0 Å². The van der Waals surface area contributed by atoms with Gasteiger partial charge in [0.05, 0.1) is 0 Å². The molecule has 0 radical (unpaired) electrons. The summed E-state index contributed by atoms with van der Waals surface area (Å²) in [5, 5.41) is 3.48. The fourth-order valence-electron chi connectivity index (χ4n) is 3.54. The zero-order valence-corrected chi connectivity index (χ0v) is 15.5. The number of piperazine rings is 1. The highest BCUT2D eigenvalue weighted by Crippen LogP contribution is 2.29. The van der Waals surface area contributed by atoms with Gasteiger partial charge in [-0.15, -0.1) is 0 Å². The van der Waals surface area contributed by atoms with E-state index in [1.807, 2.05) is 0 Å². The highest BCUT2D eigenvalue weighted by atomic mass is 15.2. The Labute approximate surface area is 143 Å². The van der Waals surface area contributed by atoms with Gasteiger partial charge in [-0.25, -0.2) is 0 Å². The summed E-state index contributed by atoms with van der Waals surface area (Å²) in [6, 6.07) is 9.92. The SMILES string of the molecule is CCN(CC)c1ccc([C@@H](CCC(C)C)N2CCNCC2)cc1. The Morgan fingerprint density at radius 3 is 2.13 bits per heavy atom. The fourth-order valence-corrected chi connectivity index (χ4v) is 3.54. The van der Waals surface area contributed by atoms with E-state index in [0.29, 0.717) is 6.04 Å². The first kappa shape index (κ1) is 18.3. The van der Waals surface area contributed by atoms with Crippen LogP contribution in [0, 0.1) is 5.92 Å². The number of hydrogen-bond acceptors (Lipinski definition) is 3. The fraction of sp³-hybridized carbons (Fsp3) is 0.700. The lowest BCUT2D eigenvalue weighted by molar-refractivity contribution is 0.160. The third-order valence-corrected chi connectivity index (χ3v) is 5.02. The Balaban J connectivity index is 2.13. The Morgan fingerprint density at radius 2 is 1.61 bits per heavy atom. The van der Waals surface area contributed by atoms with E-state index >= 15 is 0 Å². The van der Waals surface area contributed by atoms with Crippen LogP contribution < -0.4 is 10.2 Å². The van der Waals surface area contributed by atoms with E-state index < -0.39 is 0 Å². The van der Waals surface area contributed by atoms with Crippen LogP contribution in [0.15, 0.2) is 24.3 Å². The minimum atomic E-state index is 0.574. The monoisotopic (exact) mass is 317 g/mol. The number of anilines is 1. The van der Waals surface area contributed by atoms with Gasteiger partial charge in [0.25, 0.3) is 0 Å². The number of nitrogens with one attached hydrogen (secondary N) is 1. The van der Waals surface area contributed by atoms with Gasteiger partial charge >= 0.3 is 0 Å². The summed E-state index contributed by atoms with van der Waals surface area (Å²) in [6.45, 7) is 15.8. The molecule has 3 nitrogen and oxygen atoms in total. The summed E-state index contributed by atoms with van der Waals surface area (Å²) in [5.41, 5.74) is 2.84. The second-order valence-electron chi connectivity index (χ2n) is 7.04. The maximum absolute atomic E-state index is 3.48. The molecule has 1 fully saturated rings. The van der Waals surface area contributed by atoms with Crippen LogP contribution in [0.3, 0.4) is 0 Å². The molecule has 0 unspecified atom stereocenters. The van der Waals surface area contributed by atoms with Crippen LogP contribution in [0.2, 0.25) is 0 Å². The number of rotatable bonds is 8. The molecule has 1 saturated heterocycles. The minimum Gasteiger partial charge on any atom is -0.372 e. The van der Waals surface area contributed by atoms with Crippen LogP contribution in [0.5, 0.6) is 0 Å². The molecule has 0 bridgehead atoms. The lowest BCUT2D eigenvalue weighted by Gasteiger charge is -2.36. The van der Waals surface area contributed by atoms with Crippen molar-refractivity contribution in [1.82, 2.24) is 10.2 Å². The molecule has 130 valence electrons. The predicted octanol–water partition coefficient (Wildman–Crippen LogP) is 3.92. The highest BCUT2D eigenvalue weighted by molar-refractivity contribution is 5.47. The van der Waals surface area contributed by atoms with Crippen molar-refractivity contribution in [2.24, 2.45) is 5.92 Å². The van der Waals surface area contributed by atoms with Crippen molar-refractivity contribution in [2.75, 3.05) is 44.2 Å². The number of nitrogens with zero attached hydrogens (tertiary/aromatic N) is 2. The summed E-state index contributed by atoms with van der Waals surface area (Å²) < 4.78 is 0. The van der Waals surface area contributed by atoms with E-state index in [-0.39, 0.29) is 0 Å². The van der Waals surface area contributed by atoms with Gasteiger partial charge in [0.15, 0.2) is 0 Å². The molecule has 1 aliphatic heterocycles. The first-order valence-corrected chi connectivity index (χ1v) is 9.45. The van der Waals surface area contributed by atoms with Crippen LogP contribution in [0.25, 0.3) is 0 Å². The number of benzene rings is 1. The van der Waals surface area contributed by atoms with Crippen LogP contribution in [0.4, 0.5) is 5.69 Å². The quantitative estimate of drug-likeness (QED) is 0.784. The summed E-state index contributed by atoms with van der Waals surface area (Å²) in [4.78, 5) is 5.09. The van der Waals surface area contributed by atoms with Crippen molar-refractivity contribution in [3.63, 3.8) is 0 Å². The van der Waals surface area contributed by atoms with Crippen molar-refractivity contribution >= 4 is 5.69 Å². The second kappa shape index (κ2) is 9.29. The van der Waals surface area contributed by atoms with Gasteiger partial charge in [-0.1, -0.05) is 26.0 Å². The molecule has 1 aliphatic rings. The van der Waals surface area contributed by atoms with E-state index in [1.54, 1.807) is 0 Å². The molecule has 1 heterocycles. The summed E-state index contributed by atoms with van der Waals surface area (Å²) in [6.07, 6.45) is 2.56. The zero-order valence-electron chi connectivity index (χ0n) is 15.5. The van der Waals surface area contributed by atoms with E-state index in [0.717, 1.165) is 32.1 Å². The molecule has 0 aromatic heterocycles. The van der Waals surface area contributed by atoms with Crippen LogP contribution >= 0.6 is 0 Å². The molecular weight excluding hydrogens is 282 g/mol. The Hall–Kier alpha value is -1.06. The van der Waals surface area contributed by atoms with Gasteiger partial charge in [-0.05, 0) is 50.3 Å². The lowest BCUT2D eigenvalue weighted by atomic mass is 9.95. The zero-order chi connectivity index (χ0) is 16.7. The van der Waals surface area contributed by atoms with Gasteiger partial charge in [-0.2, -0.15) is 0 Å². The van der Waals surface area contributed by atoms with Gasteiger partial charge < -0.3 is 10.2 Å². The predicted molar refractivity (Wildman–Crippen MR) is 101 cm³/mol. The third-order valence-electron chi connectivity index (χ3n) is 5.02. The molecule has 3 heteroatoms. The van der Waals surface area contributed by atoms with Gasteiger partial charge in [0, 0.05) is 51.0 Å². The molecule has 2 rings (SSSR count). The van der Waals surface area contributed by atoms with Crippen molar-refractivity contribution < 1.29 is 0 Å². The van der Waals surface area contributed by atoms with Gasteiger partial charge in [0.2, 0.25) is 0 Å². The van der Waals surface area contributed by atoms with E-state index in [1.165, 1.54) is 37.2 Å². The van der Waals surface area contributed by atoms with E-state index in [9.17, 15) is 0 Å². The molecule has 1 aromatic carbocycles. The molecule has 1 N–H and O–H groups in total. The minimum absolute atomic E-state index is 0.574. The molecule has 1 aromatic rings.